The molecule has 3 aromatic carbocycles. The number of amides is 3. The molecule has 0 fully saturated rings. The van der Waals surface area contributed by atoms with E-state index in [2.05, 4.69) is 5.32 Å². The van der Waals surface area contributed by atoms with Crippen molar-refractivity contribution in [1.29, 1.82) is 0 Å². The molecule has 4 rings (SSSR count). The van der Waals surface area contributed by atoms with E-state index in [0.717, 1.165) is 22.0 Å². The number of hydrogen-bond acceptors (Lipinski definition) is 3. The van der Waals surface area contributed by atoms with Gasteiger partial charge in [0, 0.05) is 37.5 Å². The zero-order valence-electron chi connectivity index (χ0n) is 18.4. The van der Waals surface area contributed by atoms with Crippen LogP contribution in [0.2, 0.25) is 0 Å². The summed E-state index contributed by atoms with van der Waals surface area (Å²) in [5.74, 6) is -0.331. The minimum absolute atomic E-state index is 0.0240. The van der Waals surface area contributed by atoms with Crippen molar-refractivity contribution < 1.29 is 14.4 Å². The SMILES string of the molecule is CNC(=O)[C@H](C)N(Cc1ccccc1)C(=O)CCCN1C(=O)c2cccc3cccc1c23. The van der Waals surface area contributed by atoms with Crippen LogP contribution in [0.25, 0.3) is 10.8 Å². The minimum Gasteiger partial charge on any atom is -0.357 e. The van der Waals surface area contributed by atoms with Crippen molar-refractivity contribution >= 4 is 34.2 Å². The van der Waals surface area contributed by atoms with Crippen molar-refractivity contribution in [1.82, 2.24) is 10.2 Å². The van der Waals surface area contributed by atoms with E-state index in [4.69, 9.17) is 0 Å². The molecule has 3 aromatic rings. The van der Waals surface area contributed by atoms with Crippen LogP contribution in [0, 0.1) is 0 Å². The average molecular weight is 430 g/mol. The van der Waals surface area contributed by atoms with E-state index in [1.54, 1.807) is 23.8 Å². The van der Waals surface area contributed by atoms with Crippen LogP contribution in [0.4, 0.5) is 5.69 Å². The van der Waals surface area contributed by atoms with Gasteiger partial charge in [-0.1, -0.05) is 54.6 Å². The lowest BCUT2D eigenvalue weighted by atomic mass is 10.1. The number of benzene rings is 3. The van der Waals surface area contributed by atoms with E-state index < -0.39 is 6.04 Å². The van der Waals surface area contributed by atoms with E-state index in [1.807, 2.05) is 66.7 Å². The number of anilines is 1. The van der Waals surface area contributed by atoms with Gasteiger partial charge in [-0.05, 0) is 36.4 Å². The van der Waals surface area contributed by atoms with Gasteiger partial charge >= 0.3 is 0 Å². The van der Waals surface area contributed by atoms with Gasteiger partial charge in [0.2, 0.25) is 11.8 Å². The lowest BCUT2D eigenvalue weighted by Crippen LogP contribution is -2.46. The molecule has 6 nitrogen and oxygen atoms in total. The van der Waals surface area contributed by atoms with Gasteiger partial charge in [-0.2, -0.15) is 0 Å². The summed E-state index contributed by atoms with van der Waals surface area (Å²) >= 11 is 0. The number of likely N-dealkylation sites (N-methyl/N-ethyl adjacent to an activating group) is 1. The topological polar surface area (TPSA) is 69.7 Å². The third-order valence-corrected chi connectivity index (χ3v) is 6.03. The summed E-state index contributed by atoms with van der Waals surface area (Å²) in [5.41, 5.74) is 2.58. The summed E-state index contributed by atoms with van der Waals surface area (Å²) in [7, 11) is 1.57. The first-order chi connectivity index (χ1) is 15.5. The van der Waals surface area contributed by atoms with Gasteiger partial charge in [0.15, 0.2) is 0 Å². The van der Waals surface area contributed by atoms with Crippen LogP contribution >= 0.6 is 0 Å². The monoisotopic (exact) mass is 429 g/mol. The van der Waals surface area contributed by atoms with E-state index in [9.17, 15) is 14.4 Å². The second-order valence-electron chi connectivity index (χ2n) is 8.04. The highest BCUT2D eigenvalue weighted by molar-refractivity contribution is 6.25. The number of nitrogens with zero attached hydrogens (tertiary/aromatic N) is 2. The van der Waals surface area contributed by atoms with Gasteiger partial charge < -0.3 is 15.1 Å². The molecule has 1 atom stereocenters. The molecule has 0 unspecified atom stereocenters. The Bertz CT molecular complexity index is 1150. The van der Waals surface area contributed by atoms with Crippen LogP contribution in [0.15, 0.2) is 66.7 Å². The first kappa shape index (κ1) is 21.6. The van der Waals surface area contributed by atoms with Crippen molar-refractivity contribution in [2.75, 3.05) is 18.5 Å². The summed E-state index contributed by atoms with van der Waals surface area (Å²) in [6, 6.07) is 20.7. The number of carbonyl (C=O) groups excluding carboxylic acids is 3. The normalized spacial score (nSPS) is 13.3. The van der Waals surface area contributed by atoms with Gasteiger partial charge in [0.05, 0.1) is 5.69 Å². The maximum absolute atomic E-state index is 13.1. The summed E-state index contributed by atoms with van der Waals surface area (Å²) in [6.07, 6.45) is 0.769. The van der Waals surface area contributed by atoms with Gasteiger partial charge in [-0.3, -0.25) is 14.4 Å². The predicted octanol–water partition coefficient (Wildman–Crippen LogP) is 3.74. The summed E-state index contributed by atoms with van der Waals surface area (Å²) < 4.78 is 0. The highest BCUT2D eigenvalue weighted by Gasteiger charge is 2.30. The van der Waals surface area contributed by atoms with E-state index in [0.29, 0.717) is 25.1 Å². The molecule has 164 valence electrons. The summed E-state index contributed by atoms with van der Waals surface area (Å²) in [6.45, 7) is 2.55. The maximum atomic E-state index is 13.1. The van der Waals surface area contributed by atoms with Crippen LogP contribution in [-0.4, -0.2) is 42.3 Å². The second-order valence-corrected chi connectivity index (χ2v) is 8.04. The molecular weight excluding hydrogens is 402 g/mol. The minimum atomic E-state index is -0.584. The average Bonchev–Trinajstić information content (AvgIpc) is 3.10. The Kier molecular flexibility index (Phi) is 6.21. The summed E-state index contributed by atoms with van der Waals surface area (Å²) in [4.78, 5) is 41.7. The molecule has 1 aliphatic heterocycles. The predicted molar refractivity (Wildman–Crippen MR) is 125 cm³/mol. The first-order valence-corrected chi connectivity index (χ1v) is 10.9. The van der Waals surface area contributed by atoms with Crippen LogP contribution in [0.5, 0.6) is 0 Å². The van der Waals surface area contributed by atoms with E-state index in [1.165, 1.54) is 0 Å². The Morgan fingerprint density at radius 2 is 1.72 bits per heavy atom. The van der Waals surface area contributed by atoms with Crippen LogP contribution in [0.1, 0.15) is 35.7 Å². The van der Waals surface area contributed by atoms with Crippen LogP contribution in [0.3, 0.4) is 0 Å². The second kappa shape index (κ2) is 9.22. The summed E-state index contributed by atoms with van der Waals surface area (Å²) in [5, 5.41) is 4.65. The molecule has 1 heterocycles. The standard InChI is InChI=1S/C26H27N3O3/c1-18(25(31)27-2)29(17-19-9-4-3-5-10-19)23(30)15-8-16-28-22-14-7-12-20-11-6-13-21(24(20)22)26(28)32/h3-7,9-14,18H,8,15-17H2,1-2H3,(H,27,31)/t18-/m0/s1. The lowest BCUT2D eigenvalue weighted by molar-refractivity contribution is -0.140. The molecule has 32 heavy (non-hydrogen) atoms. The smallest absolute Gasteiger partial charge is 0.258 e. The molecule has 0 radical (unpaired) electrons. The molecule has 3 amide bonds. The zero-order chi connectivity index (χ0) is 22.7. The fourth-order valence-corrected chi connectivity index (χ4v) is 4.30. The molecule has 0 saturated carbocycles. The number of carbonyl (C=O) groups is 3. The fraction of sp³-hybridized carbons (Fsp3) is 0.269. The molecular formula is C26H27N3O3. The van der Waals surface area contributed by atoms with Crippen LogP contribution < -0.4 is 10.2 Å². The van der Waals surface area contributed by atoms with Crippen molar-refractivity contribution in [2.24, 2.45) is 0 Å². The molecule has 1 N–H and O–H groups in total. The Morgan fingerprint density at radius 1 is 1.00 bits per heavy atom. The quantitative estimate of drug-likeness (QED) is 0.593. The maximum Gasteiger partial charge on any atom is 0.258 e. The van der Waals surface area contributed by atoms with Crippen molar-refractivity contribution in [3.05, 3.63) is 77.9 Å². The highest BCUT2D eigenvalue weighted by Crippen LogP contribution is 2.37. The highest BCUT2D eigenvalue weighted by atomic mass is 16.2. The Morgan fingerprint density at radius 3 is 2.44 bits per heavy atom. The molecule has 0 aromatic heterocycles. The molecule has 0 saturated heterocycles. The molecule has 0 aliphatic carbocycles. The molecule has 6 heteroatoms. The number of rotatable bonds is 8. The van der Waals surface area contributed by atoms with Crippen molar-refractivity contribution in [3.63, 3.8) is 0 Å². The zero-order valence-corrected chi connectivity index (χ0v) is 18.4. The van der Waals surface area contributed by atoms with E-state index in [-0.39, 0.29) is 24.1 Å². The number of nitrogens with one attached hydrogen (secondary N) is 1. The largest absolute Gasteiger partial charge is 0.357 e. The Labute approximate surface area is 187 Å². The molecule has 1 aliphatic rings. The molecule has 0 spiro atoms. The Hall–Kier alpha value is -3.67. The fourth-order valence-electron chi connectivity index (χ4n) is 4.30. The molecule has 0 bridgehead atoms. The van der Waals surface area contributed by atoms with Gasteiger partial charge in [-0.15, -0.1) is 0 Å². The third kappa shape index (κ3) is 4.08. The van der Waals surface area contributed by atoms with Crippen LogP contribution in [-0.2, 0) is 16.1 Å². The lowest BCUT2D eigenvalue weighted by Gasteiger charge is -2.28. The number of hydrogen-bond donors (Lipinski definition) is 1. The first-order valence-electron chi connectivity index (χ1n) is 10.9. The Balaban J connectivity index is 1.45. The van der Waals surface area contributed by atoms with Crippen molar-refractivity contribution in [2.45, 2.75) is 32.4 Å². The van der Waals surface area contributed by atoms with E-state index >= 15 is 0 Å². The van der Waals surface area contributed by atoms with Gasteiger partial charge in [0.25, 0.3) is 5.91 Å². The van der Waals surface area contributed by atoms with Gasteiger partial charge in [0.1, 0.15) is 6.04 Å². The third-order valence-electron chi connectivity index (χ3n) is 6.03. The van der Waals surface area contributed by atoms with Gasteiger partial charge in [-0.25, -0.2) is 0 Å². The van der Waals surface area contributed by atoms with Crippen molar-refractivity contribution in [3.8, 4) is 0 Å².